The van der Waals surface area contributed by atoms with E-state index in [1.165, 1.54) is 22.7 Å². The number of rotatable bonds is 3. The number of aromatic nitrogens is 1. The highest BCUT2D eigenvalue weighted by molar-refractivity contribution is 5.87. The molecule has 0 aliphatic carbocycles. The Balaban J connectivity index is 1.24. The number of amides is 1. The summed E-state index contributed by atoms with van der Waals surface area (Å²) in [6, 6.07) is 15.1. The summed E-state index contributed by atoms with van der Waals surface area (Å²) < 4.78 is 14.1. The van der Waals surface area contributed by atoms with E-state index in [4.69, 9.17) is 0 Å². The number of carbonyl (C=O) groups is 1. The lowest BCUT2D eigenvalue weighted by atomic mass is 10.0. The summed E-state index contributed by atoms with van der Waals surface area (Å²) in [6.07, 6.45) is 0.865. The third-order valence-electron chi connectivity index (χ3n) is 6.61. The number of hydrogen-bond acceptors (Lipinski definition) is 3. The highest BCUT2D eigenvalue weighted by atomic mass is 19.1. The summed E-state index contributed by atoms with van der Waals surface area (Å²) in [5.41, 5.74) is 4.31. The molecule has 5 nitrogen and oxygen atoms in total. The SMILES string of the molecule is CC(C(=O)N1CCc2[nH]c3ccccc3c2C1)N1CCN(c2ccccc2F)CC1. The normalized spacial score (nSPS) is 18.5. The van der Waals surface area contributed by atoms with Crippen molar-refractivity contribution in [1.29, 1.82) is 0 Å². The topological polar surface area (TPSA) is 42.6 Å². The number of piperazine rings is 1. The number of carbonyl (C=O) groups excluding carboxylic acids is 1. The first-order valence-corrected chi connectivity index (χ1v) is 10.7. The molecule has 0 radical (unpaired) electrons. The molecular formula is C24H27FN4O. The maximum absolute atomic E-state index is 14.1. The lowest BCUT2D eigenvalue weighted by Gasteiger charge is -2.40. The van der Waals surface area contributed by atoms with E-state index in [9.17, 15) is 9.18 Å². The molecule has 156 valence electrons. The Kier molecular flexibility index (Phi) is 4.95. The number of hydrogen-bond donors (Lipinski definition) is 1. The van der Waals surface area contributed by atoms with E-state index < -0.39 is 0 Å². The van der Waals surface area contributed by atoms with Crippen LogP contribution in [0.25, 0.3) is 10.9 Å². The number of benzene rings is 2. The minimum absolute atomic E-state index is 0.167. The Morgan fingerprint density at radius 3 is 2.53 bits per heavy atom. The van der Waals surface area contributed by atoms with Crippen LogP contribution in [-0.4, -0.2) is 59.5 Å². The molecule has 2 aliphatic heterocycles. The highest BCUT2D eigenvalue weighted by Gasteiger charge is 2.31. The standard InChI is InChI=1S/C24H27FN4O/c1-17(27-12-14-28(15-13-27)23-9-5-3-7-20(23)25)24(30)29-11-10-22-19(16-29)18-6-2-4-8-21(18)26-22/h2-9,17,26H,10-16H2,1H3. The minimum atomic E-state index is -0.182. The number of anilines is 1. The van der Waals surface area contributed by atoms with Crippen LogP contribution in [0.15, 0.2) is 48.5 Å². The van der Waals surface area contributed by atoms with E-state index in [1.54, 1.807) is 6.07 Å². The third-order valence-corrected chi connectivity index (χ3v) is 6.61. The van der Waals surface area contributed by atoms with E-state index >= 15 is 0 Å². The lowest BCUT2D eigenvalue weighted by molar-refractivity contribution is -0.137. The first kappa shape index (κ1) is 19.1. The molecule has 1 fully saturated rings. The van der Waals surface area contributed by atoms with Crippen LogP contribution < -0.4 is 4.90 Å². The molecule has 1 N–H and O–H groups in total. The number of nitrogens with one attached hydrogen (secondary N) is 1. The van der Waals surface area contributed by atoms with Gasteiger partial charge in [0.15, 0.2) is 0 Å². The Morgan fingerprint density at radius 2 is 1.73 bits per heavy atom. The lowest BCUT2D eigenvalue weighted by Crippen LogP contribution is -2.55. The zero-order valence-electron chi connectivity index (χ0n) is 17.3. The molecule has 1 aromatic heterocycles. The summed E-state index contributed by atoms with van der Waals surface area (Å²) in [5.74, 6) is 0.00296. The zero-order valence-corrected chi connectivity index (χ0v) is 17.3. The van der Waals surface area contributed by atoms with Crippen LogP contribution in [0.3, 0.4) is 0 Å². The number of aromatic amines is 1. The molecular weight excluding hydrogens is 379 g/mol. The van der Waals surface area contributed by atoms with Crippen molar-refractivity contribution in [2.45, 2.75) is 25.9 Å². The van der Waals surface area contributed by atoms with E-state index in [0.717, 1.165) is 44.7 Å². The zero-order chi connectivity index (χ0) is 20.7. The molecule has 1 amide bonds. The molecule has 5 rings (SSSR count). The van der Waals surface area contributed by atoms with E-state index in [0.29, 0.717) is 12.2 Å². The monoisotopic (exact) mass is 406 g/mol. The second-order valence-corrected chi connectivity index (χ2v) is 8.29. The number of H-pyrrole nitrogens is 1. The van der Waals surface area contributed by atoms with Gasteiger partial charge in [0, 0.05) is 67.8 Å². The van der Waals surface area contributed by atoms with Gasteiger partial charge in [-0.3, -0.25) is 9.69 Å². The van der Waals surface area contributed by atoms with Gasteiger partial charge in [0.2, 0.25) is 5.91 Å². The van der Waals surface area contributed by atoms with Crippen molar-refractivity contribution in [3.8, 4) is 0 Å². The largest absolute Gasteiger partial charge is 0.367 e. The van der Waals surface area contributed by atoms with Crippen molar-refractivity contribution in [2.75, 3.05) is 37.6 Å². The Morgan fingerprint density at radius 1 is 1.00 bits per heavy atom. The van der Waals surface area contributed by atoms with Gasteiger partial charge in [0.25, 0.3) is 0 Å². The van der Waals surface area contributed by atoms with Gasteiger partial charge < -0.3 is 14.8 Å². The van der Waals surface area contributed by atoms with Crippen molar-refractivity contribution < 1.29 is 9.18 Å². The summed E-state index contributed by atoms with van der Waals surface area (Å²) in [7, 11) is 0. The van der Waals surface area contributed by atoms with Gasteiger partial charge in [0.1, 0.15) is 5.82 Å². The second kappa shape index (κ2) is 7.76. The molecule has 1 unspecified atom stereocenters. The van der Waals surface area contributed by atoms with Crippen LogP contribution in [0.4, 0.5) is 10.1 Å². The molecule has 0 bridgehead atoms. The van der Waals surface area contributed by atoms with Crippen molar-refractivity contribution in [2.24, 2.45) is 0 Å². The predicted octanol–water partition coefficient (Wildman–Crippen LogP) is 3.40. The smallest absolute Gasteiger partial charge is 0.239 e. The third kappa shape index (κ3) is 3.35. The van der Waals surface area contributed by atoms with E-state index in [1.807, 2.05) is 30.0 Å². The highest BCUT2D eigenvalue weighted by Crippen LogP contribution is 2.28. The molecule has 1 atom stereocenters. The van der Waals surface area contributed by atoms with Crippen molar-refractivity contribution in [1.82, 2.24) is 14.8 Å². The van der Waals surface area contributed by atoms with Gasteiger partial charge in [0.05, 0.1) is 11.7 Å². The van der Waals surface area contributed by atoms with Crippen molar-refractivity contribution >= 4 is 22.5 Å². The molecule has 3 heterocycles. The predicted molar refractivity (Wildman–Crippen MR) is 117 cm³/mol. The molecule has 3 aromatic rings. The average Bonchev–Trinajstić information content (AvgIpc) is 3.16. The minimum Gasteiger partial charge on any atom is -0.367 e. The van der Waals surface area contributed by atoms with Crippen LogP contribution in [0.2, 0.25) is 0 Å². The molecule has 2 aromatic carbocycles. The Labute approximate surface area is 176 Å². The second-order valence-electron chi connectivity index (χ2n) is 8.29. The maximum atomic E-state index is 14.1. The molecule has 6 heteroatoms. The Hall–Kier alpha value is -2.86. The quantitative estimate of drug-likeness (QED) is 0.725. The van der Waals surface area contributed by atoms with Gasteiger partial charge in [-0.15, -0.1) is 0 Å². The maximum Gasteiger partial charge on any atom is 0.239 e. The first-order valence-electron chi connectivity index (χ1n) is 10.7. The molecule has 0 saturated carbocycles. The number of para-hydroxylation sites is 2. The van der Waals surface area contributed by atoms with Crippen LogP contribution in [-0.2, 0) is 17.8 Å². The summed E-state index contributed by atoms with van der Waals surface area (Å²) >= 11 is 0. The van der Waals surface area contributed by atoms with Crippen LogP contribution in [0, 0.1) is 5.82 Å². The average molecular weight is 407 g/mol. The fourth-order valence-corrected chi connectivity index (χ4v) is 4.83. The molecule has 0 spiro atoms. The van der Waals surface area contributed by atoms with Gasteiger partial charge in [-0.25, -0.2) is 4.39 Å². The van der Waals surface area contributed by atoms with Crippen molar-refractivity contribution in [3.63, 3.8) is 0 Å². The first-order chi connectivity index (χ1) is 14.6. The molecule has 30 heavy (non-hydrogen) atoms. The number of halogens is 1. The van der Waals surface area contributed by atoms with Crippen molar-refractivity contribution in [3.05, 3.63) is 65.6 Å². The fourth-order valence-electron chi connectivity index (χ4n) is 4.83. The summed E-state index contributed by atoms with van der Waals surface area (Å²) in [5, 5.41) is 1.22. The number of fused-ring (bicyclic) bond motifs is 3. The van der Waals surface area contributed by atoms with Crippen LogP contribution in [0.5, 0.6) is 0 Å². The van der Waals surface area contributed by atoms with Gasteiger partial charge in [-0.1, -0.05) is 30.3 Å². The van der Waals surface area contributed by atoms with Crippen LogP contribution >= 0.6 is 0 Å². The fraction of sp³-hybridized carbons (Fsp3) is 0.375. The van der Waals surface area contributed by atoms with E-state index in [2.05, 4.69) is 33.0 Å². The molecule has 2 aliphatic rings. The molecule has 1 saturated heterocycles. The Bertz CT molecular complexity index is 1070. The number of nitrogens with zero attached hydrogens (tertiary/aromatic N) is 3. The van der Waals surface area contributed by atoms with Gasteiger partial charge >= 0.3 is 0 Å². The van der Waals surface area contributed by atoms with E-state index in [-0.39, 0.29) is 17.8 Å². The van der Waals surface area contributed by atoms with Crippen LogP contribution in [0.1, 0.15) is 18.2 Å². The summed E-state index contributed by atoms with van der Waals surface area (Å²) in [6.45, 7) is 6.39. The van der Waals surface area contributed by atoms with Gasteiger partial charge in [-0.2, -0.15) is 0 Å². The summed E-state index contributed by atoms with van der Waals surface area (Å²) in [4.78, 5) is 23.1. The van der Waals surface area contributed by atoms with Gasteiger partial charge in [-0.05, 0) is 25.1 Å².